The maximum atomic E-state index is 8.82. The van der Waals surface area contributed by atoms with Crippen molar-refractivity contribution in [3.05, 3.63) is 0 Å². The van der Waals surface area contributed by atoms with Gasteiger partial charge in [-0.15, -0.1) is 0 Å². The van der Waals surface area contributed by atoms with Crippen molar-refractivity contribution in [1.82, 2.24) is 0 Å². The summed E-state index contributed by atoms with van der Waals surface area (Å²) in [6.07, 6.45) is 0. The summed E-state index contributed by atoms with van der Waals surface area (Å²) in [5, 5.41) is 0. The summed E-state index contributed by atoms with van der Waals surface area (Å²) >= 11 is -5.25. The van der Waals surface area contributed by atoms with Crippen molar-refractivity contribution in [2.75, 3.05) is 0 Å². The van der Waals surface area contributed by atoms with Crippen LogP contribution in [0.4, 0.5) is 0 Å². The van der Waals surface area contributed by atoms with Gasteiger partial charge in [0.15, 0.2) is 0 Å². The molecule has 0 aliphatic heterocycles. The van der Waals surface area contributed by atoms with Crippen LogP contribution in [0, 0.1) is 0 Å². The van der Waals surface area contributed by atoms with E-state index in [1.165, 1.54) is 0 Å². The molecule has 0 aliphatic rings. The van der Waals surface area contributed by atoms with Crippen LogP contribution in [-0.2, 0) is 76.0 Å². The van der Waals surface area contributed by atoms with E-state index in [2.05, 4.69) is 0 Å². The molecule has 4 N–H and O–H groups in total. The topological polar surface area (TPSA) is 149 Å². The molecule has 14 heavy (non-hydrogen) atoms. The maximum absolute atomic E-state index is 8.82. The molecule has 0 fully saturated rings. The van der Waals surface area contributed by atoms with Gasteiger partial charge in [0.1, 0.15) is 0 Å². The summed E-state index contributed by atoms with van der Waals surface area (Å²) in [6, 6.07) is 0. The van der Waals surface area contributed by atoms with Gasteiger partial charge in [0, 0.05) is 44.4 Å². The Morgan fingerprint density at radius 2 is 1.00 bits per heavy atom. The second-order valence-electron chi connectivity index (χ2n) is 0.896. The summed E-state index contributed by atoms with van der Waals surface area (Å²) in [7, 11) is -4.67. The third-order valence-corrected chi connectivity index (χ3v) is 0. The van der Waals surface area contributed by atoms with E-state index in [1.807, 2.05) is 0 Å². The fourth-order valence-corrected chi connectivity index (χ4v) is 0. The molecule has 0 bridgehead atoms. The zero-order valence-electron chi connectivity index (χ0n) is 5.95. The molecule has 14 heteroatoms. The van der Waals surface area contributed by atoms with Crippen LogP contribution in [0.2, 0.25) is 0 Å². The Morgan fingerprint density at radius 1 is 1.00 bits per heavy atom. The zero-order chi connectivity index (χ0) is 9.00. The third-order valence-electron chi connectivity index (χ3n) is 0. The Kier molecular flexibility index (Phi) is 42.2. The molecule has 0 amide bonds. The van der Waals surface area contributed by atoms with Gasteiger partial charge in [0.25, 0.3) is 0 Å². The van der Waals surface area contributed by atoms with Gasteiger partial charge >= 0.3 is 102 Å². The Morgan fingerprint density at radius 3 is 1.00 bits per heavy atom. The van der Waals surface area contributed by atoms with E-state index < -0.39 is 24.0 Å². The van der Waals surface area contributed by atoms with E-state index in [4.69, 9.17) is 33.4 Å². The van der Waals surface area contributed by atoms with E-state index in [0.29, 0.717) is 0 Å². The third kappa shape index (κ3) is 274. The molecular formula is H8CaCdCrCuO8SSn. The van der Waals surface area contributed by atoms with Crippen molar-refractivity contribution in [3.8, 4) is 0 Å². The fourth-order valence-electron chi connectivity index (χ4n) is 0. The molecule has 0 heterocycles. The van der Waals surface area contributed by atoms with Gasteiger partial charge < -0.3 is 0 Å². The van der Waals surface area contributed by atoms with Crippen LogP contribution in [0.15, 0.2) is 0 Å². The second kappa shape index (κ2) is 16.4. The molecule has 0 saturated heterocycles. The van der Waals surface area contributed by atoms with Crippen molar-refractivity contribution >= 4 is 72.0 Å². The predicted molar refractivity (Wildman–Crippen MR) is 37.1 cm³/mol. The average Bonchev–Trinajstić information content (AvgIpc) is 1.12. The molecule has 0 unspecified atom stereocenters. The van der Waals surface area contributed by atoms with Gasteiger partial charge in [0.2, 0.25) is 0 Å². The van der Waals surface area contributed by atoms with Crippen LogP contribution in [-0.4, -0.2) is 87.5 Å². The molecule has 0 aromatic carbocycles. The summed E-state index contributed by atoms with van der Waals surface area (Å²) in [5.41, 5.74) is 0. The monoisotopic (exact) mass is 557 g/mol. The first-order valence-electron chi connectivity index (χ1n) is 1.40. The van der Waals surface area contributed by atoms with E-state index in [9.17, 15) is 0 Å². The Labute approximate surface area is 160 Å². The van der Waals surface area contributed by atoms with Crippen molar-refractivity contribution in [2.45, 2.75) is 0 Å². The van der Waals surface area contributed by atoms with Gasteiger partial charge in [-0.2, -0.15) is 8.42 Å². The Balaban J connectivity index is -0.0000000178. The summed E-state index contributed by atoms with van der Waals surface area (Å²) in [4.78, 5) is 0. The minimum absolute atomic E-state index is 0. The molecule has 0 aromatic heterocycles. The van der Waals surface area contributed by atoms with Gasteiger partial charge in [-0.05, 0) is 0 Å². The van der Waals surface area contributed by atoms with Crippen LogP contribution in [0.1, 0.15) is 0 Å². The SMILES string of the molecule is O=S(=O)(O)O.[CaH2].[Cd].[Cu].[O]=[Cr](=[O])([OH])[OH].[SnH2]. The Bertz CT molecular complexity index is 226. The van der Waals surface area contributed by atoms with Crippen molar-refractivity contribution in [1.29, 1.82) is 0 Å². The number of hydrogen-bond donors (Lipinski definition) is 4. The molecule has 0 spiro atoms. The van der Waals surface area contributed by atoms with Gasteiger partial charge in [-0.3, -0.25) is 9.11 Å². The minimum atomic E-state index is -5.25. The molecule has 3 radical (unpaired) electrons. The predicted octanol–water partition coefficient (Wildman–Crippen LogP) is -3.84. The van der Waals surface area contributed by atoms with E-state index in [1.54, 1.807) is 0 Å². The molecule has 0 aromatic rings. The van der Waals surface area contributed by atoms with E-state index in [0.717, 1.165) is 0 Å². The van der Waals surface area contributed by atoms with E-state index >= 15 is 0 Å². The van der Waals surface area contributed by atoms with Gasteiger partial charge in [-0.25, -0.2) is 0 Å². The average molecular weight is 555 g/mol. The molecule has 0 atom stereocenters. The molecule has 0 rings (SSSR count). The van der Waals surface area contributed by atoms with Crippen LogP contribution in [0.25, 0.3) is 0 Å². The molecule has 87 valence electrons. The van der Waals surface area contributed by atoms with Crippen molar-refractivity contribution in [2.24, 2.45) is 0 Å². The van der Waals surface area contributed by atoms with Crippen molar-refractivity contribution < 1.29 is 91.4 Å². The van der Waals surface area contributed by atoms with Crippen molar-refractivity contribution in [3.63, 3.8) is 0 Å². The van der Waals surface area contributed by atoms with E-state index in [-0.39, 0.29) is 106 Å². The first-order chi connectivity index (χ1) is 4.00. The standard InChI is InChI=1S/Ca.Cd.Cr.Cu.H2O4S.2H2O.2O.Sn.4H/c;;;;1-5(2,3)4;;;;;;;;;/h;;;;(H2,1,2,3,4);2*1H2;;;;;;;/q;;+2;;;;;;;;;;;/p-2. The summed E-state index contributed by atoms with van der Waals surface area (Å²) < 4.78 is 63.5. The normalized spacial score (nSPS) is 8.29. The molecule has 0 saturated carbocycles. The molecular weight excluding hydrogens is 547 g/mol. The quantitative estimate of drug-likeness (QED) is 0.176. The number of rotatable bonds is 0. The van der Waals surface area contributed by atoms with Gasteiger partial charge in [0.05, 0.1) is 0 Å². The van der Waals surface area contributed by atoms with Crippen LogP contribution < -0.4 is 0 Å². The zero-order valence-corrected chi connectivity index (χ0v) is 17.1. The first-order valence-corrected chi connectivity index (χ1v) is 4.98. The van der Waals surface area contributed by atoms with Crippen LogP contribution in [0.5, 0.6) is 0 Å². The van der Waals surface area contributed by atoms with Gasteiger partial charge in [-0.1, -0.05) is 0 Å². The number of hydrogen-bond acceptors (Lipinski definition) is 4. The fraction of sp³-hybridized carbons (Fsp3) is 0. The Hall–Kier alpha value is 3.42. The summed E-state index contributed by atoms with van der Waals surface area (Å²) in [5.74, 6) is 0. The van der Waals surface area contributed by atoms with Crippen LogP contribution in [0.3, 0.4) is 0 Å². The second-order valence-corrected chi connectivity index (χ2v) is 3.19. The summed E-state index contributed by atoms with van der Waals surface area (Å²) in [6.45, 7) is 0. The van der Waals surface area contributed by atoms with Crippen LogP contribution >= 0.6 is 0 Å². The molecule has 8 nitrogen and oxygen atoms in total. The molecule has 0 aliphatic carbocycles. The first kappa shape index (κ1) is 36.0.